The van der Waals surface area contributed by atoms with Gasteiger partial charge < -0.3 is 48.5 Å². The van der Waals surface area contributed by atoms with Crippen molar-refractivity contribution >= 4 is 34.8 Å². The Balaban J connectivity index is 0.000000162. The zero-order valence-electron chi connectivity index (χ0n) is 36.4. The van der Waals surface area contributed by atoms with Gasteiger partial charge in [-0.2, -0.15) is 0 Å². The number of pyridine rings is 2. The molecule has 0 amide bonds. The Labute approximate surface area is 373 Å². The number of aromatic hydroxyl groups is 1. The number of esters is 2. The van der Waals surface area contributed by atoms with E-state index in [2.05, 4.69) is 10.3 Å². The molecular weight excluding hydrogens is 835 g/mol. The zero-order chi connectivity index (χ0) is 45.7. The number of fused-ring (bicyclic) bond motifs is 8. The molecule has 1 fully saturated rings. The number of aliphatic hydroxyl groups is 1. The van der Waals surface area contributed by atoms with Crippen molar-refractivity contribution in [2.24, 2.45) is 11.8 Å². The van der Waals surface area contributed by atoms with Gasteiger partial charge >= 0.3 is 11.9 Å². The Bertz CT molecular complexity index is 2930. The molecule has 65 heavy (non-hydrogen) atoms. The van der Waals surface area contributed by atoms with E-state index >= 15 is 0 Å². The van der Waals surface area contributed by atoms with Gasteiger partial charge in [-0.25, -0.2) is 9.78 Å². The lowest BCUT2D eigenvalue weighted by atomic mass is 9.65. The summed E-state index contributed by atoms with van der Waals surface area (Å²) >= 11 is 0. The average Bonchev–Trinajstić information content (AvgIpc) is 4.07. The SMILES string of the molecule is CC.CC[C@@]1(O)C(=O)OCc2c1cc1n(c2=O)Cc2c-1nc1ccccc1c2C=O.COc1cc([C@@H]2c3cc4c(cc3C(Nc3ccccc3)[C@H]3COC(=O)[C@H]23)OCO4)cc(OC)c1O. The highest BCUT2D eigenvalue weighted by molar-refractivity contribution is 6.01. The molecule has 5 aliphatic rings. The van der Waals surface area contributed by atoms with Gasteiger partial charge in [0.25, 0.3) is 5.56 Å². The number of methoxy groups -OCH3 is 2. The highest BCUT2D eigenvalue weighted by Crippen LogP contribution is 2.56. The number of hydrogen-bond donors (Lipinski definition) is 3. The van der Waals surface area contributed by atoms with Gasteiger partial charge in [-0.05, 0) is 71.6 Å². The van der Waals surface area contributed by atoms with Crippen molar-refractivity contribution in [2.75, 3.05) is 32.9 Å². The highest BCUT2D eigenvalue weighted by atomic mass is 16.7. The number of hydrogen-bond acceptors (Lipinski definition) is 14. The normalized spacial score (nSPS) is 21.4. The number of nitrogens with zero attached hydrogens (tertiary/aromatic N) is 2. The van der Waals surface area contributed by atoms with E-state index in [4.69, 9.17) is 28.4 Å². The maximum atomic E-state index is 13.2. The number of aldehydes is 1. The van der Waals surface area contributed by atoms with E-state index in [1.807, 2.05) is 80.6 Å². The standard InChI is InChI=1S/C27H25NO7.C21H16N2O5.C2H6/c1-31-21-8-14(9-22(32-2)26(21)29)23-16-10-19-20(35-13-34-19)11-17(16)25(18-12-33-27(30)24(18)23)28-15-6-4-3-5-7-15;1-2-21(27)15-7-17-18-12(8-23(17)19(25)14(15)10-28-20(21)26)13(9-24)11-5-3-4-6-16(11)22-18;1-2/h3-11,18,23-25,28-29H,12-13H2,1-2H3;3-7,9,27H,2,8,10H2,1H3;1-2H3/t18-,23+,24-,25?;21-;/m00./s1. The minimum Gasteiger partial charge on any atom is -0.502 e. The topological polar surface area (TPSA) is 194 Å². The first kappa shape index (κ1) is 42.9. The molecular formula is C50H47N3O12. The van der Waals surface area contributed by atoms with Gasteiger partial charge in [0.15, 0.2) is 34.9 Å². The number of ether oxygens (including phenoxy) is 6. The number of carbonyl (C=O) groups is 3. The van der Waals surface area contributed by atoms with Crippen LogP contribution in [-0.2, 0) is 37.8 Å². The van der Waals surface area contributed by atoms with Crippen molar-refractivity contribution in [1.82, 2.24) is 9.55 Å². The third-order valence-electron chi connectivity index (χ3n) is 12.9. The Kier molecular flexibility index (Phi) is 11.2. The lowest BCUT2D eigenvalue weighted by Crippen LogP contribution is -2.44. The number of rotatable bonds is 7. The maximum absolute atomic E-state index is 13.2. The minimum absolute atomic E-state index is 0.0827. The van der Waals surface area contributed by atoms with Crippen LogP contribution in [0, 0.1) is 11.8 Å². The minimum atomic E-state index is -1.87. The van der Waals surface area contributed by atoms with Crippen LogP contribution in [0.3, 0.4) is 0 Å². The molecule has 334 valence electrons. The van der Waals surface area contributed by atoms with Gasteiger partial charge in [-0.3, -0.25) is 14.4 Å². The van der Waals surface area contributed by atoms with E-state index in [-0.39, 0.29) is 84.1 Å². The number of phenols is 1. The third-order valence-corrected chi connectivity index (χ3v) is 12.9. The molecule has 0 radical (unpaired) electrons. The fourth-order valence-corrected chi connectivity index (χ4v) is 9.75. The number of nitrogens with one attached hydrogen (secondary N) is 1. The third kappa shape index (κ3) is 6.88. The number of cyclic esters (lactones) is 2. The van der Waals surface area contributed by atoms with Crippen LogP contribution in [0.25, 0.3) is 22.3 Å². The first-order valence-electron chi connectivity index (χ1n) is 21.5. The lowest BCUT2D eigenvalue weighted by Gasteiger charge is -2.40. The van der Waals surface area contributed by atoms with E-state index in [0.29, 0.717) is 46.1 Å². The second kappa shape index (κ2) is 17.0. The van der Waals surface area contributed by atoms with Crippen LogP contribution in [0.2, 0.25) is 0 Å². The molecule has 6 heterocycles. The predicted molar refractivity (Wildman–Crippen MR) is 238 cm³/mol. The number of carbonyl (C=O) groups excluding carboxylic acids is 3. The van der Waals surface area contributed by atoms with E-state index in [1.165, 1.54) is 18.8 Å². The monoisotopic (exact) mass is 881 g/mol. The number of phenolic OH excluding ortho intramolecular Hbond substituents is 1. The van der Waals surface area contributed by atoms with Gasteiger partial charge in [0, 0.05) is 39.6 Å². The Morgan fingerprint density at radius 3 is 2.23 bits per heavy atom. The molecule has 1 aliphatic carbocycles. The number of benzene rings is 4. The van der Waals surface area contributed by atoms with Gasteiger partial charge in [0.05, 0.1) is 61.8 Å². The maximum Gasteiger partial charge on any atom is 0.343 e. The van der Waals surface area contributed by atoms with Gasteiger partial charge in [-0.15, -0.1) is 0 Å². The highest BCUT2D eigenvalue weighted by Gasteiger charge is 2.53. The summed E-state index contributed by atoms with van der Waals surface area (Å²) in [6.45, 7) is 6.13. The van der Waals surface area contributed by atoms with Crippen molar-refractivity contribution in [3.05, 3.63) is 134 Å². The summed E-state index contributed by atoms with van der Waals surface area (Å²) in [6, 6.07) is 26.1. The first-order chi connectivity index (χ1) is 31.6. The van der Waals surface area contributed by atoms with Crippen LogP contribution >= 0.6 is 0 Å². The first-order valence-corrected chi connectivity index (χ1v) is 21.5. The summed E-state index contributed by atoms with van der Waals surface area (Å²) in [5.74, 6) is -0.204. The van der Waals surface area contributed by atoms with E-state index < -0.39 is 17.5 Å². The summed E-state index contributed by atoms with van der Waals surface area (Å²) in [5.41, 5.74) is 4.82. The van der Waals surface area contributed by atoms with Crippen LogP contribution in [0.5, 0.6) is 28.7 Å². The molecule has 3 N–H and O–H groups in total. The van der Waals surface area contributed by atoms with E-state index in [0.717, 1.165) is 34.1 Å². The molecule has 15 heteroatoms. The number of para-hydroxylation sites is 2. The molecule has 2 aromatic heterocycles. The fraction of sp³-hybridized carbons (Fsp3) is 0.300. The molecule has 0 bridgehead atoms. The van der Waals surface area contributed by atoms with Crippen molar-refractivity contribution in [1.29, 1.82) is 0 Å². The summed E-state index contributed by atoms with van der Waals surface area (Å²) in [6.07, 6.45) is 0.869. The number of aromatic nitrogens is 2. The van der Waals surface area contributed by atoms with Gasteiger partial charge in [0.2, 0.25) is 12.5 Å². The lowest BCUT2D eigenvalue weighted by molar-refractivity contribution is -0.172. The Morgan fingerprint density at radius 2 is 1.55 bits per heavy atom. The Morgan fingerprint density at radius 1 is 0.877 bits per heavy atom. The van der Waals surface area contributed by atoms with Crippen LogP contribution in [0.15, 0.2) is 89.7 Å². The van der Waals surface area contributed by atoms with Crippen molar-refractivity contribution in [3.8, 4) is 40.1 Å². The molecule has 0 spiro atoms. The molecule has 1 unspecified atom stereocenters. The van der Waals surface area contributed by atoms with Crippen molar-refractivity contribution < 1.29 is 53.0 Å². The molecule has 4 aromatic carbocycles. The molecule has 1 saturated heterocycles. The molecule has 5 atom stereocenters. The van der Waals surface area contributed by atoms with Crippen LogP contribution < -0.4 is 29.8 Å². The molecule has 6 aromatic rings. The zero-order valence-corrected chi connectivity index (χ0v) is 36.4. The molecule has 0 saturated carbocycles. The summed E-state index contributed by atoms with van der Waals surface area (Å²) in [5, 5.41) is 25.7. The summed E-state index contributed by atoms with van der Waals surface area (Å²) in [4.78, 5) is 55.0. The molecule has 15 nitrogen and oxygen atoms in total. The average molecular weight is 882 g/mol. The fourth-order valence-electron chi connectivity index (χ4n) is 9.75. The van der Waals surface area contributed by atoms with Crippen LogP contribution in [-0.4, -0.2) is 65.6 Å². The summed E-state index contributed by atoms with van der Waals surface area (Å²) in [7, 11) is 2.97. The van der Waals surface area contributed by atoms with Crippen molar-refractivity contribution in [3.63, 3.8) is 0 Å². The summed E-state index contributed by atoms with van der Waals surface area (Å²) < 4.78 is 34.5. The number of anilines is 1. The quantitative estimate of drug-likeness (QED) is 0.108. The van der Waals surface area contributed by atoms with Crippen LogP contribution in [0.1, 0.15) is 82.9 Å². The van der Waals surface area contributed by atoms with Crippen LogP contribution in [0.4, 0.5) is 5.69 Å². The van der Waals surface area contributed by atoms with Gasteiger partial charge in [-0.1, -0.05) is 57.2 Å². The molecule has 4 aliphatic heterocycles. The van der Waals surface area contributed by atoms with Gasteiger partial charge in [0.1, 0.15) is 6.61 Å². The largest absolute Gasteiger partial charge is 0.502 e. The Hall–Kier alpha value is -7.39. The molecule has 11 rings (SSSR count). The van der Waals surface area contributed by atoms with E-state index in [1.54, 1.807) is 25.1 Å². The smallest absolute Gasteiger partial charge is 0.343 e. The van der Waals surface area contributed by atoms with Crippen molar-refractivity contribution in [2.45, 2.75) is 57.9 Å². The second-order valence-electron chi connectivity index (χ2n) is 16.0. The second-order valence-corrected chi connectivity index (χ2v) is 16.0. The van der Waals surface area contributed by atoms with E-state index in [9.17, 15) is 29.4 Å². The predicted octanol–water partition coefficient (Wildman–Crippen LogP) is 7.14.